The van der Waals surface area contributed by atoms with E-state index in [9.17, 15) is 4.79 Å². The number of hydrogen-bond acceptors (Lipinski definition) is 4. The highest BCUT2D eigenvalue weighted by Crippen LogP contribution is 2.32. The van der Waals surface area contributed by atoms with Gasteiger partial charge in [0.25, 0.3) is 5.91 Å². The lowest BCUT2D eigenvalue weighted by molar-refractivity contribution is 0.0949. The number of benzene rings is 1. The summed E-state index contributed by atoms with van der Waals surface area (Å²) in [7, 11) is 0. The van der Waals surface area contributed by atoms with Crippen molar-refractivity contribution in [3.05, 3.63) is 83.2 Å². The number of amides is 1. The largest absolute Gasteiger partial charge is 0.351 e. The van der Waals surface area contributed by atoms with Gasteiger partial charge in [-0.2, -0.15) is 0 Å². The average molecular weight is 390 g/mol. The first-order chi connectivity index (χ1) is 14.2. The Morgan fingerprint density at radius 3 is 2.72 bits per heavy atom. The van der Waals surface area contributed by atoms with E-state index in [0.29, 0.717) is 12.2 Å². The minimum absolute atomic E-state index is 0.0132. The first-order valence-corrected chi connectivity index (χ1v) is 10.2. The molecule has 1 atom stereocenters. The number of carbonyl (C=O) groups excluding carboxylic acids is 1. The molecule has 4 rings (SSSR count). The number of nitrogens with zero attached hydrogens (tertiary/aromatic N) is 4. The van der Waals surface area contributed by atoms with Crippen molar-refractivity contribution in [2.45, 2.75) is 39.4 Å². The van der Waals surface area contributed by atoms with Gasteiger partial charge in [0, 0.05) is 38.6 Å². The van der Waals surface area contributed by atoms with E-state index in [1.54, 1.807) is 0 Å². The van der Waals surface area contributed by atoms with Crippen molar-refractivity contribution in [1.82, 2.24) is 24.8 Å². The summed E-state index contributed by atoms with van der Waals surface area (Å²) in [6.45, 7) is 7.17. The van der Waals surface area contributed by atoms with Crippen molar-refractivity contribution in [1.29, 1.82) is 0 Å². The van der Waals surface area contributed by atoms with Gasteiger partial charge in [-0.15, -0.1) is 0 Å². The Kier molecular flexibility index (Phi) is 5.71. The summed E-state index contributed by atoms with van der Waals surface area (Å²) in [4.78, 5) is 24.2. The second kappa shape index (κ2) is 8.57. The summed E-state index contributed by atoms with van der Waals surface area (Å²) in [5.74, 6) is 0.809. The van der Waals surface area contributed by atoms with Gasteiger partial charge in [0.05, 0.1) is 11.7 Å². The smallest absolute Gasteiger partial charge is 0.271 e. The minimum Gasteiger partial charge on any atom is -0.351 e. The molecule has 0 fully saturated rings. The molecule has 0 saturated heterocycles. The van der Waals surface area contributed by atoms with Crippen LogP contribution in [0.3, 0.4) is 0 Å². The normalized spacial score (nSPS) is 16.4. The Bertz CT molecular complexity index is 965. The van der Waals surface area contributed by atoms with Crippen molar-refractivity contribution in [3.8, 4) is 0 Å². The monoisotopic (exact) mass is 389 g/mol. The zero-order valence-electron chi connectivity index (χ0n) is 17.0. The molecule has 0 aliphatic carbocycles. The third kappa shape index (κ3) is 4.22. The standard InChI is InChI=1S/C23H27N5O/c1-3-11-24-23(29)20-16-28-13-12-27(15-19-10-9-17(2)14-25-19)21(22(28)26-20)18-7-5-4-6-8-18/h4-10,14,16,21H,3,11-13,15H2,1-2H3,(H,24,29). The number of rotatable bonds is 6. The van der Waals surface area contributed by atoms with E-state index in [1.807, 2.05) is 44.4 Å². The van der Waals surface area contributed by atoms with Crippen molar-refractivity contribution < 1.29 is 4.79 Å². The van der Waals surface area contributed by atoms with E-state index in [2.05, 4.69) is 44.0 Å². The predicted molar refractivity (Wildman–Crippen MR) is 113 cm³/mol. The maximum Gasteiger partial charge on any atom is 0.271 e. The SMILES string of the molecule is CCCNC(=O)c1cn2c(n1)C(c1ccccc1)N(Cc1ccc(C)cn1)CC2. The van der Waals surface area contributed by atoms with E-state index >= 15 is 0 Å². The van der Waals surface area contributed by atoms with E-state index in [4.69, 9.17) is 4.98 Å². The molecule has 3 aromatic rings. The van der Waals surface area contributed by atoms with Crippen molar-refractivity contribution >= 4 is 5.91 Å². The molecule has 0 spiro atoms. The lowest BCUT2D eigenvalue weighted by Crippen LogP contribution is -2.38. The Labute approximate surface area is 171 Å². The van der Waals surface area contributed by atoms with Gasteiger partial charge < -0.3 is 9.88 Å². The lowest BCUT2D eigenvalue weighted by Gasteiger charge is -2.36. The van der Waals surface area contributed by atoms with Crippen LogP contribution in [0, 0.1) is 6.92 Å². The molecule has 6 nitrogen and oxygen atoms in total. The Morgan fingerprint density at radius 1 is 1.17 bits per heavy atom. The number of aromatic nitrogens is 3. The highest BCUT2D eigenvalue weighted by Gasteiger charge is 2.32. The van der Waals surface area contributed by atoms with Crippen molar-refractivity contribution in [2.75, 3.05) is 13.1 Å². The number of carbonyl (C=O) groups is 1. The fourth-order valence-electron chi connectivity index (χ4n) is 3.76. The van der Waals surface area contributed by atoms with Gasteiger partial charge in [0.2, 0.25) is 0 Å². The topological polar surface area (TPSA) is 63.1 Å². The molecule has 150 valence electrons. The predicted octanol–water partition coefficient (Wildman–Crippen LogP) is 3.33. The van der Waals surface area contributed by atoms with Crippen molar-refractivity contribution in [3.63, 3.8) is 0 Å². The van der Waals surface area contributed by atoms with Gasteiger partial charge in [0.1, 0.15) is 11.5 Å². The van der Waals surface area contributed by atoms with Gasteiger partial charge in [0.15, 0.2) is 0 Å². The minimum atomic E-state index is -0.104. The summed E-state index contributed by atoms with van der Waals surface area (Å²) >= 11 is 0. The Morgan fingerprint density at radius 2 is 2.00 bits per heavy atom. The molecular weight excluding hydrogens is 362 g/mol. The van der Waals surface area contributed by atoms with Crippen LogP contribution in [-0.4, -0.2) is 38.4 Å². The molecule has 1 aromatic carbocycles. The van der Waals surface area contributed by atoms with E-state index in [-0.39, 0.29) is 11.9 Å². The third-order valence-corrected chi connectivity index (χ3v) is 5.27. The molecule has 1 unspecified atom stereocenters. The van der Waals surface area contributed by atoms with Crippen LogP contribution < -0.4 is 5.32 Å². The summed E-state index contributed by atoms with van der Waals surface area (Å²) in [6, 6.07) is 14.5. The van der Waals surface area contributed by atoms with Crippen LogP contribution in [-0.2, 0) is 13.1 Å². The van der Waals surface area contributed by atoms with Crippen LogP contribution in [0.5, 0.6) is 0 Å². The molecule has 0 radical (unpaired) electrons. The van der Waals surface area contributed by atoms with Crippen LogP contribution in [0.2, 0.25) is 0 Å². The fraction of sp³-hybridized carbons (Fsp3) is 0.348. The molecule has 0 bridgehead atoms. The highest BCUT2D eigenvalue weighted by atomic mass is 16.1. The quantitative estimate of drug-likeness (QED) is 0.702. The van der Waals surface area contributed by atoms with Crippen molar-refractivity contribution in [2.24, 2.45) is 0 Å². The molecular formula is C23H27N5O. The molecule has 0 saturated carbocycles. The van der Waals surface area contributed by atoms with Crippen LogP contribution in [0.4, 0.5) is 0 Å². The summed E-state index contributed by atoms with van der Waals surface area (Å²) in [5.41, 5.74) is 3.86. The number of nitrogens with one attached hydrogen (secondary N) is 1. The fourth-order valence-corrected chi connectivity index (χ4v) is 3.76. The van der Waals surface area contributed by atoms with Gasteiger partial charge >= 0.3 is 0 Å². The molecule has 1 aliphatic heterocycles. The van der Waals surface area contributed by atoms with E-state index in [1.165, 1.54) is 5.56 Å². The second-order valence-electron chi connectivity index (χ2n) is 7.54. The van der Waals surface area contributed by atoms with Gasteiger partial charge in [-0.3, -0.25) is 14.7 Å². The molecule has 3 heterocycles. The zero-order chi connectivity index (χ0) is 20.2. The maximum absolute atomic E-state index is 12.5. The van der Waals surface area contributed by atoms with Crippen LogP contribution in [0.25, 0.3) is 0 Å². The second-order valence-corrected chi connectivity index (χ2v) is 7.54. The Hall–Kier alpha value is -2.99. The maximum atomic E-state index is 12.5. The summed E-state index contributed by atoms with van der Waals surface area (Å²) in [5, 5.41) is 2.93. The summed E-state index contributed by atoms with van der Waals surface area (Å²) < 4.78 is 2.12. The number of imidazole rings is 1. The number of aryl methyl sites for hydroxylation is 1. The van der Waals surface area contributed by atoms with Crippen LogP contribution in [0.15, 0.2) is 54.9 Å². The molecule has 6 heteroatoms. The molecule has 1 aliphatic rings. The number of hydrogen-bond donors (Lipinski definition) is 1. The molecule has 1 amide bonds. The first kappa shape index (κ1) is 19.3. The van der Waals surface area contributed by atoms with Gasteiger partial charge in [-0.05, 0) is 30.5 Å². The molecule has 2 aromatic heterocycles. The molecule has 29 heavy (non-hydrogen) atoms. The van der Waals surface area contributed by atoms with E-state index in [0.717, 1.165) is 43.1 Å². The molecule has 1 N–H and O–H groups in total. The number of pyridine rings is 1. The number of fused-ring (bicyclic) bond motifs is 1. The average Bonchev–Trinajstić information content (AvgIpc) is 3.18. The lowest BCUT2D eigenvalue weighted by atomic mass is 10.0. The van der Waals surface area contributed by atoms with Gasteiger partial charge in [-0.1, -0.05) is 43.3 Å². The van der Waals surface area contributed by atoms with Crippen LogP contribution >= 0.6 is 0 Å². The Balaban J connectivity index is 1.67. The zero-order valence-corrected chi connectivity index (χ0v) is 17.0. The van der Waals surface area contributed by atoms with E-state index < -0.39 is 0 Å². The highest BCUT2D eigenvalue weighted by molar-refractivity contribution is 5.92. The third-order valence-electron chi connectivity index (χ3n) is 5.27. The summed E-state index contributed by atoms with van der Waals surface area (Å²) in [6.07, 6.45) is 4.70. The first-order valence-electron chi connectivity index (χ1n) is 10.2. The van der Waals surface area contributed by atoms with Gasteiger partial charge in [-0.25, -0.2) is 4.98 Å². The van der Waals surface area contributed by atoms with Crippen LogP contribution in [0.1, 0.15) is 52.5 Å².